The number of imidazole rings is 1. The minimum Gasteiger partial charge on any atom is -0.480 e. The number of H-pyrrole nitrogens is 1. The summed E-state index contributed by atoms with van der Waals surface area (Å²) in [6.45, 7) is 0.647. The standard InChI is InChI=1S/C22H18N2O6S.C3H4N2/c25-19-6-13(20(11-4-5-11)21-24(19)16(9-31-21)22(26)27)18-7-15(23-30-18)12-2-1-3-17-14(12)8-28-10-29-17;1-2-5-3-4-1/h1-3,6-7,11,16H,4-5,8-10H2,(H,26,27);1-3H,(H,4,5). The maximum Gasteiger partial charge on any atom is 0.327 e. The fourth-order valence-electron chi connectivity index (χ4n) is 4.53. The van der Waals surface area contributed by atoms with E-state index in [0.717, 1.165) is 40.3 Å². The molecule has 1 aromatic carbocycles. The SMILES string of the molecule is O=C(O)C1CSc2c(C3CC3)c(-c3cc(-c4cccc5c4COCO5)no3)cc(=O)n21.c1c[nH]cn1. The maximum absolute atomic E-state index is 12.9. The highest BCUT2D eigenvalue weighted by Crippen LogP contribution is 2.50. The Balaban J connectivity index is 0.000000431. The van der Waals surface area contributed by atoms with Gasteiger partial charge in [0.2, 0.25) is 0 Å². The number of ether oxygens (including phenoxy) is 2. The molecule has 0 saturated heterocycles. The minimum atomic E-state index is -0.983. The van der Waals surface area contributed by atoms with Gasteiger partial charge < -0.3 is 24.1 Å². The van der Waals surface area contributed by atoms with Gasteiger partial charge in [0.1, 0.15) is 17.5 Å². The van der Waals surface area contributed by atoms with E-state index in [1.807, 2.05) is 24.3 Å². The number of benzene rings is 1. The predicted molar refractivity (Wildman–Crippen MR) is 130 cm³/mol. The minimum absolute atomic E-state index is 0.222. The van der Waals surface area contributed by atoms with Gasteiger partial charge in [-0.25, -0.2) is 9.78 Å². The van der Waals surface area contributed by atoms with Crippen LogP contribution >= 0.6 is 11.8 Å². The molecule has 184 valence electrons. The Hall–Kier alpha value is -3.83. The molecular formula is C25H22N4O6S. The number of aromatic amines is 1. The average molecular weight is 507 g/mol. The summed E-state index contributed by atoms with van der Waals surface area (Å²) in [7, 11) is 0. The van der Waals surface area contributed by atoms with Crippen LogP contribution in [-0.2, 0) is 16.1 Å². The first kappa shape index (κ1) is 22.6. The summed E-state index contributed by atoms with van der Waals surface area (Å²) in [5, 5.41) is 14.5. The van der Waals surface area contributed by atoms with E-state index < -0.39 is 12.0 Å². The highest BCUT2D eigenvalue weighted by Gasteiger charge is 2.38. The Kier molecular flexibility index (Phi) is 5.86. The van der Waals surface area contributed by atoms with Crippen molar-refractivity contribution in [1.82, 2.24) is 19.7 Å². The van der Waals surface area contributed by atoms with Crippen LogP contribution in [0.25, 0.3) is 22.6 Å². The number of thioether (sulfide) groups is 1. The van der Waals surface area contributed by atoms with E-state index in [4.69, 9.17) is 14.0 Å². The number of rotatable bonds is 4. The fourth-order valence-corrected chi connectivity index (χ4v) is 5.92. The molecule has 2 N–H and O–H groups in total. The van der Waals surface area contributed by atoms with Crippen LogP contribution in [0.15, 0.2) is 63.4 Å². The van der Waals surface area contributed by atoms with Crippen molar-refractivity contribution in [3.8, 4) is 28.3 Å². The monoisotopic (exact) mass is 506 g/mol. The number of hydrogen-bond acceptors (Lipinski definition) is 8. The molecule has 1 unspecified atom stereocenters. The van der Waals surface area contributed by atoms with Crippen molar-refractivity contribution in [2.45, 2.75) is 36.4 Å². The van der Waals surface area contributed by atoms with Crippen molar-refractivity contribution in [1.29, 1.82) is 0 Å². The number of nitrogens with one attached hydrogen (secondary N) is 1. The van der Waals surface area contributed by atoms with Gasteiger partial charge in [-0.2, -0.15) is 0 Å². The molecule has 1 fully saturated rings. The van der Waals surface area contributed by atoms with Crippen LogP contribution < -0.4 is 10.3 Å². The molecule has 1 atom stereocenters. The number of pyridine rings is 1. The lowest BCUT2D eigenvalue weighted by Crippen LogP contribution is -2.29. The van der Waals surface area contributed by atoms with Crippen LogP contribution in [0.5, 0.6) is 5.75 Å². The molecule has 3 aliphatic rings. The largest absolute Gasteiger partial charge is 0.480 e. The Labute approximate surface area is 209 Å². The Morgan fingerprint density at radius 1 is 1.22 bits per heavy atom. The summed E-state index contributed by atoms with van der Waals surface area (Å²) in [6.07, 6.45) is 7.11. The zero-order chi connectivity index (χ0) is 24.6. The van der Waals surface area contributed by atoms with Gasteiger partial charge in [0.05, 0.1) is 18.0 Å². The number of aromatic nitrogens is 4. The molecule has 7 rings (SSSR count). The molecule has 11 heteroatoms. The van der Waals surface area contributed by atoms with Gasteiger partial charge in [-0.3, -0.25) is 9.36 Å². The van der Waals surface area contributed by atoms with E-state index in [0.29, 0.717) is 35.3 Å². The lowest BCUT2D eigenvalue weighted by molar-refractivity contribution is -0.140. The van der Waals surface area contributed by atoms with Crippen molar-refractivity contribution >= 4 is 17.7 Å². The van der Waals surface area contributed by atoms with Gasteiger partial charge in [0.15, 0.2) is 12.6 Å². The number of hydrogen-bond donors (Lipinski definition) is 2. The van der Waals surface area contributed by atoms with E-state index in [1.54, 1.807) is 18.7 Å². The zero-order valence-corrected chi connectivity index (χ0v) is 19.9. The lowest BCUT2D eigenvalue weighted by Gasteiger charge is -2.19. The Morgan fingerprint density at radius 2 is 2.11 bits per heavy atom. The van der Waals surface area contributed by atoms with E-state index >= 15 is 0 Å². The first-order chi connectivity index (χ1) is 17.6. The number of nitrogens with zero attached hydrogens (tertiary/aromatic N) is 3. The molecule has 3 aromatic heterocycles. The number of carbonyl (C=O) groups is 1. The average Bonchev–Trinajstić information content (AvgIpc) is 3.31. The number of carboxylic acids is 1. The van der Waals surface area contributed by atoms with Crippen molar-refractivity contribution in [2.75, 3.05) is 12.5 Å². The summed E-state index contributed by atoms with van der Waals surface area (Å²) in [5.41, 5.74) is 3.78. The third-order valence-corrected chi connectivity index (χ3v) is 7.51. The van der Waals surface area contributed by atoms with Crippen LogP contribution in [0.1, 0.15) is 35.9 Å². The van der Waals surface area contributed by atoms with Gasteiger partial charge in [-0.05, 0) is 30.4 Å². The molecule has 0 radical (unpaired) electrons. The second-order valence-corrected chi connectivity index (χ2v) is 9.66. The Bertz CT molecular complexity index is 1460. The van der Waals surface area contributed by atoms with Gasteiger partial charge in [-0.15, -0.1) is 11.8 Å². The molecule has 2 aliphatic heterocycles. The first-order valence-electron chi connectivity index (χ1n) is 11.5. The summed E-state index contributed by atoms with van der Waals surface area (Å²) in [5.74, 6) is 0.941. The molecule has 0 bridgehead atoms. The van der Waals surface area contributed by atoms with E-state index in [1.165, 1.54) is 22.4 Å². The Morgan fingerprint density at radius 3 is 2.83 bits per heavy atom. The van der Waals surface area contributed by atoms with Gasteiger partial charge >= 0.3 is 5.97 Å². The van der Waals surface area contributed by atoms with Gasteiger partial charge in [-0.1, -0.05) is 17.3 Å². The molecule has 1 saturated carbocycles. The van der Waals surface area contributed by atoms with Crippen LogP contribution in [0.4, 0.5) is 0 Å². The van der Waals surface area contributed by atoms with Gasteiger partial charge in [0.25, 0.3) is 5.56 Å². The smallest absolute Gasteiger partial charge is 0.327 e. The number of aliphatic carboxylic acids is 1. The highest BCUT2D eigenvalue weighted by molar-refractivity contribution is 7.99. The number of fused-ring (bicyclic) bond motifs is 2. The molecule has 0 amide bonds. The maximum atomic E-state index is 12.9. The highest BCUT2D eigenvalue weighted by atomic mass is 32.2. The topological polar surface area (TPSA) is 132 Å². The summed E-state index contributed by atoms with van der Waals surface area (Å²) in [4.78, 5) is 30.9. The third-order valence-electron chi connectivity index (χ3n) is 6.34. The predicted octanol–water partition coefficient (Wildman–Crippen LogP) is 4.06. The van der Waals surface area contributed by atoms with Crippen molar-refractivity contribution in [3.05, 3.63) is 70.5 Å². The second-order valence-electron chi connectivity index (χ2n) is 8.65. The van der Waals surface area contributed by atoms with Crippen molar-refractivity contribution in [3.63, 3.8) is 0 Å². The fraction of sp³-hybridized carbons (Fsp3) is 0.280. The van der Waals surface area contributed by atoms with Gasteiger partial charge in [0, 0.05) is 47.0 Å². The lowest BCUT2D eigenvalue weighted by atomic mass is 10.0. The first-order valence-corrected chi connectivity index (χ1v) is 12.5. The molecule has 1 aliphatic carbocycles. The van der Waals surface area contributed by atoms with E-state index in [2.05, 4.69) is 15.1 Å². The summed E-state index contributed by atoms with van der Waals surface area (Å²) in [6, 6.07) is 8.22. The molecule has 5 heterocycles. The molecule has 36 heavy (non-hydrogen) atoms. The van der Waals surface area contributed by atoms with Crippen LogP contribution in [0, 0.1) is 0 Å². The summed E-state index contributed by atoms with van der Waals surface area (Å²) < 4.78 is 18.1. The van der Waals surface area contributed by atoms with Crippen molar-refractivity contribution in [2.24, 2.45) is 0 Å². The molecular weight excluding hydrogens is 484 g/mol. The van der Waals surface area contributed by atoms with Crippen LogP contribution in [0.2, 0.25) is 0 Å². The quantitative estimate of drug-likeness (QED) is 0.420. The van der Waals surface area contributed by atoms with Crippen LogP contribution in [-0.4, -0.2) is 43.3 Å². The summed E-state index contributed by atoms with van der Waals surface area (Å²) >= 11 is 1.43. The normalized spacial score (nSPS) is 17.9. The molecule has 0 spiro atoms. The van der Waals surface area contributed by atoms with E-state index in [-0.39, 0.29) is 12.4 Å². The third kappa shape index (κ3) is 4.10. The van der Waals surface area contributed by atoms with Crippen molar-refractivity contribution < 1.29 is 23.9 Å². The molecule has 4 aromatic rings. The van der Waals surface area contributed by atoms with Crippen LogP contribution in [0.3, 0.4) is 0 Å². The zero-order valence-electron chi connectivity index (χ0n) is 19.0. The number of carboxylic acid groups (broad SMARTS) is 1. The molecule has 10 nitrogen and oxygen atoms in total. The van der Waals surface area contributed by atoms with E-state index in [9.17, 15) is 14.7 Å². The second kappa shape index (κ2) is 9.32.